The Kier molecular flexibility index (Phi) is 2.98. The summed E-state index contributed by atoms with van der Waals surface area (Å²) < 4.78 is 4.43. The molecule has 0 radical (unpaired) electrons. The first kappa shape index (κ1) is 8.92. The minimum atomic E-state index is -0.317. The largest absolute Gasteiger partial charge is 0.468 e. The number of aryl methyl sites for hydroxylation is 1. The molecule has 0 saturated carbocycles. The van der Waals surface area contributed by atoms with Crippen LogP contribution in [0, 0.1) is 6.92 Å². The number of nitrogens with zero attached hydrogens (tertiary/aromatic N) is 2. The molecule has 0 unspecified atom stereocenters. The van der Waals surface area contributed by atoms with E-state index in [0.717, 1.165) is 5.01 Å². The van der Waals surface area contributed by atoms with Gasteiger partial charge in [-0.25, -0.2) is 0 Å². The van der Waals surface area contributed by atoms with Crippen molar-refractivity contribution in [3.05, 3.63) is 5.01 Å². The number of anilines is 1. The summed E-state index contributed by atoms with van der Waals surface area (Å²) in [5.41, 5.74) is 0. The molecule has 0 aromatic carbocycles. The molecule has 5 nitrogen and oxygen atoms in total. The number of ether oxygens (including phenoxy) is 1. The average molecular weight is 187 g/mol. The molecule has 12 heavy (non-hydrogen) atoms. The maximum absolute atomic E-state index is 10.7. The van der Waals surface area contributed by atoms with Gasteiger partial charge in [0.15, 0.2) is 0 Å². The highest BCUT2D eigenvalue weighted by Crippen LogP contribution is 2.12. The van der Waals surface area contributed by atoms with E-state index in [-0.39, 0.29) is 12.5 Å². The second kappa shape index (κ2) is 4.01. The molecule has 6 heteroatoms. The monoisotopic (exact) mass is 187 g/mol. The highest BCUT2D eigenvalue weighted by Gasteiger charge is 2.02. The molecule has 0 bridgehead atoms. The van der Waals surface area contributed by atoms with Gasteiger partial charge in [-0.2, -0.15) is 0 Å². The van der Waals surface area contributed by atoms with E-state index >= 15 is 0 Å². The zero-order chi connectivity index (χ0) is 8.97. The summed E-state index contributed by atoms with van der Waals surface area (Å²) >= 11 is 1.40. The van der Waals surface area contributed by atoms with Crippen LogP contribution in [-0.2, 0) is 9.53 Å². The molecule has 0 aliphatic rings. The van der Waals surface area contributed by atoms with Gasteiger partial charge in [0, 0.05) is 0 Å². The summed E-state index contributed by atoms with van der Waals surface area (Å²) in [7, 11) is 1.34. The van der Waals surface area contributed by atoms with Crippen molar-refractivity contribution >= 4 is 22.4 Å². The Bertz CT molecular complexity index is 274. The van der Waals surface area contributed by atoms with Crippen LogP contribution in [-0.4, -0.2) is 29.8 Å². The van der Waals surface area contributed by atoms with Gasteiger partial charge in [-0.15, -0.1) is 10.2 Å². The van der Waals surface area contributed by atoms with Crippen LogP contribution in [0.4, 0.5) is 5.13 Å². The normalized spacial score (nSPS) is 9.50. The highest BCUT2D eigenvalue weighted by atomic mass is 32.1. The summed E-state index contributed by atoms with van der Waals surface area (Å²) in [6.07, 6.45) is 0. The lowest BCUT2D eigenvalue weighted by Crippen LogP contribution is -2.14. The molecule has 1 heterocycles. The average Bonchev–Trinajstić information content (AvgIpc) is 2.47. The molecular formula is C6H9N3O2S. The van der Waals surface area contributed by atoms with E-state index in [4.69, 9.17) is 0 Å². The summed E-state index contributed by atoms with van der Waals surface area (Å²) in [5, 5.41) is 11.8. The molecule has 66 valence electrons. The fourth-order valence-electron chi connectivity index (χ4n) is 0.588. The van der Waals surface area contributed by atoms with E-state index in [2.05, 4.69) is 20.3 Å². The van der Waals surface area contributed by atoms with Crippen LogP contribution in [0.1, 0.15) is 5.01 Å². The molecular weight excluding hydrogens is 178 g/mol. The van der Waals surface area contributed by atoms with Gasteiger partial charge in [0.05, 0.1) is 7.11 Å². The Morgan fingerprint density at radius 3 is 2.92 bits per heavy atom. The predicted molar refractivity (Wildman–Crippen MR) is 45.2 cm³/mol. The van der Waals surface area contributed by atoms with Crippen LogP contribution in [0.2, 0.25) is 0 Å². The molecule has 0 atom stereocenters. The summed E-state index contributed by atoms with van der Waals surface area (Å²) in [6, 6.07) is 0. The molecule has 0 fully saturated rings. The second-order valence-electron chi connectivity index (χ2n) is 2.06. The van der Waals surface area contributed by atoms with E-state index in [9.17, 15) is 4.79 Å². The molecule has 1 rings (SSSR count). The number of esters is 1. The first-order chi connectivity index (χ1) is 5.72. The minimum Gasteiger partial charge on any atom is -0.468 e. The van der Waals surface area contributed by atoms with Crippen LogP contribution in [0.25, 0.3) is 0 Å². The zero-order valence-electron chi connectivity index (χ0n) is 6.83. The molecule has 0 aliphatic heterocycles. The second-order valence-corrected chi connectivity index (χ2v) is 3.24. The van der Waals surface area contributed by atoms with Crippen molar-refractivity contribution in [1.82, 2.24) is 10.2 Å². The Morgan fingerprint density at radius 1 is 1.67 bits per heavy atom. The number of hydrogen-bond donors (Lipinski definition) is 1. The van der Waals surface area contributed by atoms with Gasteiger partial charge in [-0.3, -0.25) is 4.79 Å². The van der Waals surface area contributed by atoms with E-state index in [1.165, 1.54) is 18.4 Å². The fourth-order valence-corrected chi connectivity index (χ4v) is 1.18. The topological polar surface area (TPSA) is 64.1 Å². The Morgan fingerprint density at radius 2 is 2.42 bits per heavy atom. The molecule has 0 spiro atoms. The van der Waals surface area contributed by atoms with Gasteiger partial charge in [-0.05, 0) is 6.92 Å². The van der Waals surface area contributed by atoms with Crippen molar-refractivity contribution in [1.29, 1.82) is 0 Å². The number of nitrogens with one attached hydrogen (secondary N) is 1. The van der Waals surface area contributed by atoms with Gasteiger partial charge in [0.2, 0.25) is 5.13 Å². The first-order valence-electron chi connectivity index (χ1n) is 3.33. The number of aromatic nitrogens is 2. The van der Waals surface area contributed by atoms with Gasteiger partial charge in [0.25, 0.3) is 0 Å². The van der Waals surface area contributed by atoms with E-state index in [0.29, 0.717) is 5.13 Å². The number of methoxy groups -OCH3 is 1. The molecule has 1 aromatic heterocycles. The van der Waals surface area contributed by atoms with Crippen molar-refractivity contribution in [2.45, 2.75) is 6.92 Å². The standard InChI is InChI=1S/C6H9N3O2S/c1-4-8-9-6(12-4)7-3-5(10)11-2/h3H2,1-2H3,(H,7,9). The Balaban J connectivity index is 2.38. The third-order valence-electron chi connectivity index (χ3n) is 1.14. The lowest BCUT2D eigenvalue weighted by molar-refractivity contribution is -0.138. The van der Waals surface area contributed by atoms with Crippen molar-refractivity contribution in [3.8, 4) is 0 Å². The highest BCUT2D eigenvalue weighted by molar-refractivity contribution is 7.15. The minimum absolute atomic E-state index is 0.130. The number of rotatable bonds is 3. The maximum atomic E-state index is 10.7. The van der Waals surface area contributed by atoms with Crippen LogP contribution in [0.15, 0.2) is 0 Å². The summed E-state index contributed by atoms with van der Waals surface area (Å²) in [4.78, 5) is 10.7. The molecule has 0 amide bonds. The van der Waals surface area contributed by atoms with E-state index in [1.807, 2.05) is 6.92 Å². The smallest absolute Gasteiger partial charge is 0.325 e. The van der Waals surface area contributed by atoms with Gasteiger partial charge < -0.3 is 10.1 Å². The van der Waals surface area contributed by atoms with Crippen LogP contribution < -0.4 is 5.32 Å². The summed E-state index contributed by atoms with van der Waals surface area (Å²) in [6.45, 7) is 1.98. The molecule has 0 saturated heterocycles. The van der Waals surface area contributed by atoms with Crippen LogP contribution in [0.5, 0.6) is 0 Å². The van der Waals surface area contributed by atoms with E-state index in [1.54, 1.807) is 0 Å². The fraction of sp³-hybridized carbons (Fsp3) is 0.500. The summed E-state index contributed by atoms with van der Waals surface area (Å²) in [5.74, 6) is -0.317. The number of carbonyl (C=O) groups excluding carboxylic acids is 1. The Labute approximate surface area is 73.8 Å². The number of carbonyl (C=O) groups is 1. The third kappa shape index (κ3) is 2.46. The Hall–Kier alpha value is -1.17. The maximum Gasteiger partial charge on any atom is 0.325 e. The zero-order valence-corrected chi connectivity index (χ0v) is 7.64. The predicted octanol–water partition coefficient (Wildman–Crippen LogP) is 0.431. The quantitative estimate of drug-likeness (QED) is 0.695. The first-order valence-corrected chi connectivity index (χ1v) is 4.15. The van der Waals surface area contributed by atoms with Gasteiger partial charge in [0.1, 0.15) is 11.6 Å². The lowest BCUT2D eigenvalue weighted by Gasteiger charge is -1.98. The van der Waals surface area contributed by atoms with Crippen molar-refractivity contribution < 1.29 is 9.53 Å². The molecule has 1 aromatic rings. The van der Waals surface area contributed by atoms with Crippen molar-refractivity contribution in [2.24, 2.45) is 0 Å². The SMILES string of the molecule is COC(=O)CNc1nnc(C)s1. The third-order valence-corrected chi connectivity index (χ3v) is 1.93. The number of hydrogen-bond acceptors (Lipinski definition) is 6. The van der Waals surface area contributed by atoms with Gasteiger partial charge >= 0.3 is 5.97 Å². The van der Waals surface area contributed by atoms with Crippen LogP contribution in [0.3, 0.4) is 0 Å². The van der Waals surface area contributed by atoms with Crippen molar-refractivity contribution in [3.63, 3.8) is 0 Å². The van der Waals surface area contributed by atoms with Crippen LogP contribution >= 0.6 is 11.3 Å². The molecule has 1 N–H and O–H groups in total. The van der Waals surface area contributed by atoms with Crippen molar-refractivity contribution in [2.75, 3.05) is 19.0 Å². The van der Waals surface area contributed by atoms with E-state index < -0.39 is 0 Å². The molecule has 0 aliphatic carbocycles. The lowest BCUT2D eigenvalue weighted by atomic mass is 10.7. The van der Waals surface area contributed by atoms with Gasteiger partial charge in [-0.1, -0.05) is 11.3 Å².